The molecule has 0 aliphatic carbocycles. The van der Waals surface area contributed by atoms with E-state index >= 15 is 0 Å². The minimum absolute atomic E-state index is 0.0684. The van der Waals surface area contributed by atoms with Crippen LogP contribution in [0, 0.1) is 0 Å². The number of benzene rings is 2. The van der Waals surface area contributed by atoms with E-state index in [2.05, 4.69) is 87.8 Å². The second-order valence-corrected chi connectivity index (χ2v) is 11.9. The molecule has 3 heterocycles. The molecule has 2 aromatic carbocycles. The van der Waals surface area contributed by atoms with Gasteiger partial charge >= 0.3 is 0 Å². The highest BCUT2D eigenvalue weighted by atomic mass is 16.2. The fourth-order valence-corrected chi connectivity index (χ4v) is 4.68. The number of anilines is 1. The van der Waals surface area contributed by atoms with Crippen LogP contribution in [-0.2, 0) is 10.8 Å². The van der Waals surface area contributed by atoms with E-state index in [9.17, 15) is 4.79 Å². The van der Waals surface area contributed by atoms with Crippen LogP contribution in [0.25, 0.3) is 17.0 Å². The molecule has 0 spiro atoms. The zero-order valence-corrected chi connectivity index (χ0v) is 22.7. The molecule has 2 aromatic heterocycles. The summed E-state index contributed by atoms with van der Waals surface area (Å²) in [6.45, 7) is 15.8. The second-order valence-electron chi connectivity index (χ2n) is 11.9. The Labute approximate surface area is 219 Å². The second kappa shape index (κ2) is 9.29. The van der Waals surface area contributed by atoms with Crippen LogP contribution in [0.4, 0.5) is 5.95 Å². The van der Waals surface area contributed by atoms with Crippen LogP contribution in [0.1, 0.15) is 63.0 Å². The smallest absolute Gasteiger partial charge is 0.254 e. The summed E-state index contributed by atoms with van der Waals surface area (Å²) in [5.74, 6) is 1.29. The van der Waals surface area contributed by atoms with Gasteiger partial charge in [-0.05, 0) is 40.2 Å². The highest BCUT2D eigenvalue weighted by Gasteiger charge is 2.25. The number of rotatable bonds is 3. The van der Waals surface area contributed by atoms with E-state index in [0.29, 0.717) is 37.9 Å². The quantitative estimate of drug-likeness (QED) is 0.383. The first-order valence-corrected chi connectivity index (χ1v) is 13.0. The Bertz CT molecular complexity index is 1400. The number of carbonyl (C=O) groups excluding carboxylic acids is 1. The van der Waals surface area contributed by atoms with Crippen molar-refractivity contribution in [1.82, 2.24) is 24.5 Å². The maximum atomic E-state index is 13.1. The van der Waals surface area contributed by atoms with Crippen molar-refractivity contribution in [3.8, 4) is 11.3 Å². The van der Waals surface area contributed by atoms with Crippen LogP contribution < -0.4 is 4.90 Å². The van der Waals surface area contributed by atoms with Gasteiger partial charge in [-0.15, -0.1) is 5.10 Å². The van der Waals surface area contributed by atoms with Crippen molar-refractivity contribution >= 4 is 17.6 Å². The van der Waals surface area contributed by atoms with Gasteiger partial charge in [0.2, 0.25) is 5.95 Å². The number of hydrogen-bond acceptors (Lipinski definition) is 5. The minimum atomic E-state index is 0.0684. The van der Waals surface area contributed by atoms with Crippen molar-refractivity contribution in [1.29, 1.82) is 0 Å². The van der Waals surface area contributed by atoms with Crippen LogP contribution in [-0.4, -0.2) is 56.6 Å². The first-order chi connectivity index (χ1) is 17.5. The molecule has 4 aromatic rings. The molecular weight excluding hydrogens is 460 g/mol. The number of nitrogens with zero attached hydrogens (tertiary/aromatic N) is 6. The summed E-state index contributed by atoms with van der Waals surface area (Å²) in [6, 6.07) is 18.6. The fourth-order valence-electron chi connectivity index (χ4n) is 4.68. The maximum Gasteiger partial charge on any atom is 0.254 e. The maximum absolute atomic E-state index is 13.1. The largest absolute Gasteiger partial charge is 0.336 e. The Hall–Kier alpha value is -3.74. The lowest BCUT2D eigenvalue weighted by Crippen LogP contribution is -2.49. The summed E-state index contributed by atoms with van der Waals surface area (Å²) in [7, 11) is 0. The number of piperazine rings is 1. The van der Waals surface area contributed by atoms with Gasteiger partial charge in [-0.3, -0.25) is 4.79 Å². The Morgan fingerprint density at radius 1 is 0.757 bits per heavy atom. The molecule has 0 radical (unpaired) electrons. The van der Waals surface area contributed by atoms with Gasteiger partial charge in [0, 0.05) is 43.5 Å². The highest BCUT2D eigenvalue weighted by Crippen LogP contribution is 2.27. The molecule has 7 heteroatoms. The monoisotopic (exact) mass is 496 g/mol. The standard InChI is InChI=1S/C30H36N6O/c1-29(2,3)23-11-7-21(8-12-23)25-15-16-31-27-32-28(33-36(25)27)35-19-17-34(18-20-35)26(37)22-9-13-24(14-10-22)30(4,5)6/h7-16H,17-20H2,1-6H3. The van der Waals surface area contributed by atoms with Gasteiger partial charge in [0.15, 0.2) is 0 Å². The third-order valence-corrected chi connectivity index (χ3v) is 7.12. The Balaban J connectivity index is 1.30. The summed E-state index contributed by atoms with van der Waals surface area (Å²) >= 11 is 0. The zero-order valence-electron chi connectivity index (χ0n) is 22.7. The van der Waals surface area contributed by atoms with Crippen LogP contribution in [0.15, 0.2) is 60.8 Å². The Morgan fingerprint density at radius 2 is 1.32 bits per heavy atom. The van der Waals surface area contributed by atoms with E-state index < -0.39 is 0 Å². The average Bonchev–Trinajstić information content (AvgIpc) is 3.32. The van der Waals surface area contributed by atoms with Gasteiger partial charge in [-0.1, -0.05) is 77.9 Å². The Morgan fingerprint density at radius 3 is 1.89 bits per heavy atom. The summed E-state index contributed by atoms with van der Waals surface area (Å²) in [5.41, 5.74) is 5.45. The topological polar surface area (TPSA) is 66.6 Å². The SMILES string of the molecule is CC(C)(C)c1ccc(C(=O)N2CCN(c3nc4nccc(-c5ccc(C(C)(C)C)cc5)n4n3)CC2)cc1. The van der Waals surface area contributed by atoms with Crippen molar-refractivity contribution in [2.24, 2.45) is 0 Å². The normalized spacial score (nSPS) is 14.9. The summed E-state index contributed by atoms with van der Waals surface area (Å²) < 4.78 is 1.82. The third-order valence-electron chi connectivity index (χ3n) is 7.12. The van der Waals surface area contributed by atoms with E-state index in [1.807, 2.05) is 27.6 Å². The van der Waals surface area contributed by atoms with Crippen molar-refractivity contribution in [3.05, 3.63) is 77.5 Å². The van der Waals surface area contributed by atoms with Gasteiger partial charge in [-0.2, -0.15) is 9.50 Å². The van der Waals surface area contributed by atoms with Gasteiger partial charge in [0.05, 0.1) is 5.69 Å². The van der Waals surface area contributed by atoms with Gasteiger partial charge in [0.1, 0.15) is 0 Å². The highest BCUT2D eigenvalue weighted by molar-refractivity contribution is 5.94. The lowest BCUT2D eigenvalue weighted by molar-refractivity contribution is 0.0746. The molecule has 1 aliphatic rings. The van der Waals surface area contributed by atoms with Crippen LogP contribution in [0.2, 0.25) is 0 Å². The molecule has 0 N–H and O–H groups in total. The van der Waals surface area contributed by atoms with E-state index in [4.69, 9.17) is 10.1 Å². The molecule has 0 unspecified atom stereocenters. The molecule has 7 nitrogen and oxygen atoms in total. The fraction of sp³-hybridized carbons (Fsp3) is 0.400. The minimum Gasteiger partial charge on any atom is -0.336 e. The van der Waals surface area contributed by atoms with E-state index in [1.165, 1.54) is 11.1 Å². The zero-order chi connectivity index (χ0) is 26.4. The van der Waals surface area contributed by atoms with E-state index in [0.717, 1.165) is 16.8 Å². The average molecular weight is 497 g/mol. The molecule has 5 rings (SSSR count). The molecular formula is C30H36N6O. The summed E-state index contributed by atoms with van der Waals surface area (Å²) in [6.07, 6.45) is 1.78. The molecule has 192 valence electrons. The Kier molecular flexibility index (Phi) is 6.26. The van der Waals surface area contributed by atoms with Crippen molar-refractivity contribution in [2.75, 3.05) is 31.1 Å². The molecule has 37 heavy (non-hydrogen) atoms. The van der Waals surface area contributed by atoms with Gasteiger partial charge < -0.3 is 9.80 Å². The molecule has 0 atom stereocenters. The number of amides is 1. The van der Waals surface area contributed by atoms with Crippen molar-refractivity contribution in [2.45, 2.75) is 52.4 Å². The van der Waals surface area contributed by atoms with Gasteiger partial charge in [0.25, 0.3) is 11.7 Å². The number of aromatic nitrogens is 4. The summed E-state index contributed by atoms with van der Waals surface area (Å²) in [5, 5.41) is 4.81. The molecule has 0 saturated carbocycles. The first-order valence-electron chi connectivity index (χ1n) is 13.0. The predicted octanol–water partition coefficient (Wildman–Crippen LogP) is 5.35. The number of hydrogen-bond donors (Lipinski definition) is 0. The molecule has 1 saturated heterocycles. The van der Waals surface area contributed by atoms with Crippen molar-refractivity contribution in [3.63, 3.8) is 0 Å². The predicted molar refractivity (Wildman–Crippen MR) is 148 cm³/mol. The lowest BCUT2D eigenvalue weighted by atomic mass is 9.86. The lowest BCUT2D eigenvalue weighted by Gasteiger charge is -2.34. The molecule has 1 amide bonds. The first kappa shape index (κ1) is 24.9. The van der Waals surface area contributed by atoms with Gasteiger partial charge in [-0.25, -0.2) is 4.98 Å². The van der Waals surface area contributed by atoms with Crippen LogP contribution in [0.3, 0.4) is 0 Å². The van der Waals surface area contributed by atoms with Crippen molar-refractivity contribution < 1.29 is 4.79 Å². The number of fused-ring (bicyclic) bond motifs is 1. The number of carbonyl (C=O) groups is 1. The molecule has 0 bridgehead atoms. The van der Waals surface area contributed by atoms with E-state index in [-0.39, 0.29) is 16.7 Å². The molecule has 1 aliphatic heterocycles. The summed E-state index contributed by atoms with van der Waals surface area (Å²) in [4.78, 5) is 26.3. The molecule has 1 fully saturated rings. The van der Waals surface area contributed by atoms with Crippen LogP contribution in [0.5, 0.6) is 0 Å². The van der Waals surface area contributed by atoms with Crippen LogP contribution >= 0.6 is 0 Å². The van der Waals surface area contributed by atoms with E-state index in [1.54, 1.807) is 6.20 Å². The third kappa shape index (κ3) is 5.08.